The third kappa shape index (κ3) is 2.88. The molecule has 17 heavy (non-hydrogen) atoms. The van der Waals surface area contributed by atoms with Crippen molar-refractivity contribution in [1.29, 1.82) is 0 Å². The summed E-state index contributed by atoms with van der Waals surface area (Å²) in [7, 11) is 0. The zero-order valence-corrected chi connectivity index (χ0v) is 11.1. The van der Waals surface area contributed by atoms with Gasteiger partial charge >= 0.3 is 0 Å². The van der Waals surface area contributed by atoms with E-state index in [1.165, 1.54) is 5.56 Å². The molecular weight excluding hydrogens is 230 g/mol. The summed E-state index contributed by atoms with van der Waals surface area (Å²) < 4.78 is 2.19. The van der Waals surface area contributed by atoms with Crippen LogP contribution in [0, 0.1) is 0 Å². The first-order valence-corrected chi connectivity index (χ1v) is 6.92. The first kappa shape index (κ1) is 12.2. The molecule has 0 radical (unpaired) electrons. The fourth-order valence-electron chi connectivity index (χ4n) is 1.73. The summed E-state index contributed by atoms with van der Waals surface area (Å²) in [5, 5.41) is 9.48. The fraction of sp³-hybridized carbons (Fsp3) is 0.385. The van der Waals surface area contributed by atoms with Gasteiger partial charge in [0.2, 0.25) is 0 Å². The first-order valence-electron chi connectivity index (χ1n) is 5.94. The minimum absolute atomic E-state index is 0.937. The van der Waals surface area contributed by atoms with E-state index in [-0.39, 0.29) is 0 Å². The Kier molecular flexibility index (Phi) is 4.20. The monoisotopic (exact) mass is 247 g/mol. The highest BCUT2D eigenvalue weighted by molar-refractivity contribution is 7.98. The molecule has 1 aromatic heterocycles. The minimum atomic E-state index is 0.937. The van der Waals surface area contributed by atoms with Crippen molar-refractivity contribution in [2.24, 2.45) is 0 Å². The Morgan fingerprint density at radius 1 is 1.12 bits per heavy atom. The Balaban J connectivity index is 2.06. The number of aromatic nitrogens is 3. The number of aryl methyl sites for hydroxylation is 1. The van der Waals surface area contributed by atoms with Crippen LogP contribution in [0.15, 0.2) is 35.5 Å². The van der Waals surface area contributed by atoms with E-state index < -0.39 is 0 Å². The number of nitrogens with zero attached hydrogens (tertiary/aromatic N) is 3. The van der Waals surface area contributed by atoms with E-state index in [9.17, 15) is 0 Å². The van der Waals surface area contributed by atoms with Crippen molar-refractivity contribution in [3.8, 4) is 0 Å². The maximum absolute atomic E-state index is 4.25. The molecule has 0 aliphatic carbocycles. The van der Waals surface area contributed by atoms with Gasteiger partial charge < -0.3 is 4.57 Å². The lowest BCUT2D eigenvalue weighted by molar-refractivity contribution is 0.647. The van der Waals surface area contributed by atoms with Gasteiger partial charge in [0.05, 0.1) is 0 Å². The molecule has 0 amide bonds. The molecule has 1 heterocycles. The molecule has 0 bridgehead atoms. The number of rotatable bonds is 5. The molecule has 2 rings (SSSR count). The Morgan fingerprint density at radius 3 is 2.53 bits per heavy atom. The zero-order chi connectivity index (χ0) is 12.1. The second-order valence-electron chi connectivity index (χ2n) is 3.77. The second kappa shape index (κ2) is 5.87. The van der Waals surface area contributed by atoms with Crippen LogP contribution >= 0.6 is 11.8 Å². The first-order chi connectivity index (χ1) is 8.35. The van der Waals surface area contributed by atoms with E-state index >= 15 is 0 Å². The lowest BCUT2D eigenvalue weighted by atomic mass is 10.2. The normalized spacial score (nSPS) is 10.7. The molecule has 0 N–H and O–H groups in total. The molecule has 0 spiro atoms. The predicted molar refractivity (Wildman–Crippen MR) is 71.1 cm³/mol. The lowest BCUT2D eigenvalue weighted by Crippen LogP contribution is -2.01. The molecule has 1 aromatic carbocycles. The largest absolute Gasteiger partial charge is 0.306 e. The van der Waals surface area contributed by atoms with Gasteiger partial charge in [0.25, 0.3) is 0 Å². The van der Waals surface area contributed by atoms with Crippen molar-refractivity contribution in [3.63, 3.8) is 0 Å². The van der Waals surface area contributed by atoms with Gasteiger partial charge in [0.15, 0.2) is 5.16 Å². The molecule has 0 fully saturated rings. The van der Waals surface area contributed by atoms with E-state index in [4.69, 9.17) is 0 Å². The van der Waals surface area contributed by atoms with Gasteiger partial charge in [-0.3, -0.25) is 0 Å². The highest BCUT2D eigenvalue weighted by atomic mass is 32.2. The summed E-state index contributed by atoms with van der Waals surface area (Å²) in [6.45, 7) is 5.18. The number of benzene rings is 1. The van der Waals surface area contributed by atoms with Gasteiger partial charge in [-0.15, -0.1) is 10.2 Å². The maximum atomic E-state index is 4.25. The average Bonchev–Trinajstić information content (AvgIpc) is 2.79. The number of hydrogen-bond acceptors (Lipinski definition) is 3. The van der Waals surface area contributed by atoms with Gasteiger partial charge in [-0.05, 0) is 12.5 Å². The van der Waals surface area contributed by atoms with Crippen molar-refractivity contribution in [3.05, 3.63) is 41.7 Å². The standard InChI is InChI=1S/C13H17N3S/c1-3-12-14-15-13(16(12)4-2)17-10-11-8-6-5-7-9-11/h5-9H,3-4,10H2,1-2H3. The molecular formula is C13H17N3S. The van der Waals surface area contributed by atoms with E-state index in [2.05, 4.69) is 52.9 Å². The van der Waals surface area contributed by atoms with E-state index in [1.807, 2.05) is 6.07 Å². The highest BCUT2D eigenvalue weighted by Gasteiger charge is 2.09. The van der Waals surface area contributed by atoms with Crippen molar-refractivity contribution >= 4 is 11.8 Å². The summed E-state index contributed by atoms with van der Waals surface area (Å²) in [5.74, 6) is 2.02. The molecule has 2 aromatic rings. The number of thioether (sulfide) groups is 1. The molecule has 90 valence electrons. The third-order valence-corrected chi connectivity index (χ3v) is 3.67. The molecule has 0 aliphatic heterocycles. The predicted octanol–water partition coefficient (Wildman–Crippen LogP) is 3.15. The van der Waals surface area contributed by atoms with Crippen molar-refractivity contribution in [1.82, 2.24) is 14.8 Å². The van der Waals surface area contributed by atoms with E-state index in [1.54, 1.807) is 11.8 Å². The summed E-state index contributed by atoms with van der Waals surface area (Å²) in [4.78, 5) is 0. The molecule has 0 aliphatic rings. The van der Waals surface area contributed by atoms with Crippen LogP contribution in [0.5, 0.6) is 0 Å². The average molecular weight is 247 g/mol. The Bertz CT molecular complexity index is 465. The van der Waals surface area contributed by atoms with Gasteiger partial charge in [-0.25, -0.2) is 0 Å². The van der Waals surface area contributed by atoms with Crippen LogP contribution < -0.4 is 0 Å². The van der Waals surface area contributed by atoms with Gasteiger partial charge in [0.1, 0.15) is 5.82 Å². The van der Waals surface area contributed by atoms with Crippen LogP contribution in [-0.4, -0.2) is 14.8 Å². The SMILES string of the molecule is CCc1nnc(SCc2ccccc2)n1CC. The molecule has 0 saturated carbocycles. The molecule has 0 atom stereocenters. The fourth-order valence-corrected chi connectivity index (χ4v) is 2.70. The molecule has 3 nitrogen and oxygen atoms in total. The third-order valence-electron chi connectivity index (χ3n) is 2.64. The lowest BCUT2D eigenvalue weighted by Gasteiger charge is -2.05. The van der Waals surface area contributed by atoms with Gasteiger partial charge in [-0.2, -0.15) is 0 Å². The van der Waals surface area contributed by atoms with E-state index in [0.717, 1.165) is 29.7 Å². The Labute approximate surface area is 106 Å². The molecule has 0 saturated heterocycles. The summed E-state index contributed by atoms with van der Waals surface area (Å²) in [6.07, 6.45) is 0.937. The Morgan fingerprint density at radius 2 is 1.88 bits per heavy atom. The zero-order valence-electron chi connectivity index (χ0n) is 10.3. The molecule has 0 unspecified atom stereocenters. The van der Waals surface area contributed by atoms with Gasteiger partial charge in [-0.1, -0.05) is 49.0 Å². The maximum Gasteiger partial charge on any atom is 0.191 e. The van der Waals surface area contributed by atoms with Crippen LogP contribution in [-0.2, 0) is 18.7 Å². The van der Waals surface area contributed by atoms with Crippen LogP contribution in [0.1, 0.15) is 25.2 Å². The summed E-state index contributed by atoms with van der Waals surface area (Å²) in [5.41, 5.74) is 1.32. The van der Waals surface area contributed by atoms with Crippen molar-refractivity contribution in [2.75, 3.05) is 0 Å². The molecule has 4 heteroatoms. The Hall–Kier alpha value is -1.29. The highest BCUT2D eigenvalue weighted by Crippen LogP contribution is 2.21. The van der Waals surface area contributed by atoms with Crippen LogP contribution in [0.2, 0.25) is 0 Å². The van der Waals surface area contributed by atoms with Crippen molar-refractivity contribution in [2.45, 2.75) is 37.7 Å². The smallest absolute Gasteiger partial charge is 0.191 e. The second-order valence-corrected chi connectivity index (χ2v) is 4.71. The number of hydrogen-bond donors (Lipinski definition) is 0. The van der Waals surface area contributed by atoms with E-state index in [0.29, 0.717) is 0 Å². The quantitative estimate of drug-likeness (QED) is 0.760. The minimum Gasteiger partial charge on any atom is -0.306 e. The summed E-state index contributed by atoms with van der Waals surface area (Å²) in [6, 6.07) is 10.5. The van der Waals surface area contributed by atoms with Crippen LogP contribution in [0.25, 0.3) is 0 Å². The van der Waals surface area contributed by atoms with Crippen LogP contribution in [0.4, 0.5) is 0 Å². The summed E-state index contributed by atoms with van der Waals surface area (Å²) >= 11 is 1.75. The van der Waals surface area contributed by atoms with Gasteiger partial charge in [0, 0.05) is 18.7 Å². The van der Waals surface area contributed by atoms with Crippen molar-refractivity contribution < 1.29 is 0 Å². The van der Waals surface area contributed by atoms with Crippen LogP contribution in [0.3, 0.4) is 0 Å². The topological polar surface area (TPSA) is 30.7 Å².